The molecule has 1 heterocycles. The van der Waals surface area contributed by atoms with Crippen LogP contribution in [-0.4, -0.2) is 25.9 Å². The molecule has 0 aliphatic rings. The van der Waals surface area contributed by atoms with Crippen LogP contribution in [0.1, 0.15) is 29.8 Å². The smallest absolute Gasteiger partial charge is 0.248 e. The standard InChI is InChI=1S/C28H25NO5/c1-17(12-28(31)29-21-10-8-19(9-11-21)18(2)30)23-14-24-25(16-34-27(24)15-26(23)33-4)20-6-5-7-22(13-20)32-3/h5-16H,1-4H3,(H,29,31)/b17-12+. The predicted octanol–water partition coefficient (Wildman–Crippen LogP) is 6.36. The molecular formula is C28H25NO5. The van der Waals surface area contributed by atoms with Gasteiger partial charge in [-0.3, -0.25) is 9.59 Å². The number of anilines is 1. The van der Waals surface area contributed by atoms with Crippen molar-refractivity contribution in [1.82, 2.24) is 0 Å². The van der Waals surface area contributed by atoms with E-state index < -0.39 is 0 Å². The number of ketones is 1. The Balaban J connectivity index is 1.67. The Bertz CT molecular complexity index is 1400. The van der Waals surface area contributed by atoms with E-state index >= 15 is 0 Å². The Labute approximate surface area is 197 Å². The number of ether oxygens (including phenoxy) is 2. The SMILES string of the molecule is COc1cccc(-c2coc3cc(OC)c(/C(C)=C/C(=O)Nc4ccc(C(C)=O)cc4)cc23)c1. The summed E-state index contributed by atoms with van der Waals surface area (Å²) in [6, 6.07) is 18.3. The number of carbonyl (C=O) groups excluding carboxylic acids is 2. The van der Waals surface area contributed by atoms with Gasteiger partial charge in [-0.25, -0.2) is 0 Å². The fourth-order valence-corrected chi connectivity index (χ4v) is 3.79. The van der Waals surface area contributed by atoms with Gasteiger partial charge in [0, 0.05) is 39.9 Å². The first-order valence-corrected chi connectivity index (χ1v) is 10.7. The van der Waals surface area contributed by atoms with E-state index in [0.29, 0.717) is 22.6 Å². The van der Waals surface area contributed by atoms with Crippen LogP contribution in [0.3, 0.4) is 0 Å². The first-order valence-electron chi connectivity index (χ1n) is 10.7. The highest BCUT2D eigenvalue weighted by Gasteiger charge is 2.15. The van der Waals surface area contributed by atoms with E-state index in [1.807, 2.05) is 43.3 Å². The zero-order valence-corrected chi connectivity index (χ0v) is 19.5. The van der Waals surface area contributed by atoms with Crippen molar-refractivity contribution in [3.05, 3.63) is 84.1 Å². The number of fused-ring (bicyclic) bond motifs is 1. The van der Waals surface area contributed by atoms with Crippen molar-refractivity contribution in [2.24, 2.45) is 0 Å². The summed E-state index contributed by atoms with van der Waals surface area (Å²) in [5.41, 5.74) is 5.27. The highest BCUT2D eigenvalue weighted by atomic mass is 16.5. The van der Waals surface area contributed by atoms with Crippen molar-refractivity contribution < 1.29 is 23.5 Å². The van der Waals surface area contributed by atoms with Gasteiger partial charge in [0.05, 0.1) is 20.5 Å². The summed E-state index contributed by atoms with van der Waals surface area (Å²) >= 11 is 0. The van der Waals surface area contributed by atoms with Crippen LogP contribution in [0.5, 0.6) is 11.5 Å². The van der Waals surface area contributed by atoms with Crippen molar-refractivity contribution in [1.29, 1.82) is 0 Å². The molecule has 0 fully saturated rings. The van der Waals surface area contributed by atoms with Crippen molar-refractivity contribution in [2.45, 2.75) is 13.8 Å². The summed E-state index contributed by atoms with van der Waals surface area (Å²) < 4.78 is 16.7. The molecule has 6 nitrogen and oxygen atoms in total. The van der Waals surface area contributed by atoms with Crippen LogP contribution in [0.2, 0.25) is 0 Å². The van der Waals surface area contributed by atoms with Crippen molar-refractivity contribution >= 4 is 33.9 Å². The second-order valence-corrected chi connectivity index (χ2v) is 7.88. The Morgan fingerprint density at radius 3 is 2.38 bits per heavy atom. The van der Waals surface area contributed by atoms with E-state index in [-0.39, 0.29) is 11.7 Å². The summed E-state index contributed by atoms with van der Waals surface area (Å²) in [6.45, 7) is 3.36. The summed E-state index contributed by atoms with van der Waals surface area (Å²) in [7, 11) is 3.22. The molecule has 0 atom stereocenters. The molecule has 0 aliphatic heterocycles. The molecular weight excluding hydrogens is 430 g/mol. The van der Waals surface area contributed by atoms with E-state index in [1.165, 1.54) is 13.0 Å². The molecule has 34 heavy (non-hydrogen) atoms. The average molecular weight is 456 g/mol. The molecule has 4 aromatic rings. The maximum absolute atomic E-state index is 12.7. The number of carbonyl (C=O) groups is 2. The van der Waals surface area contributed by atoms with Gasteiger partial charge in [0.25, 0.3) is 0 Å². The van der Waals surface area contributed by atoms with E-state index in [2.05, 4.69) is 5.32 Å². The fraction of sp³-hybridized carbons (Fsp3) is 0.143. The molecule has 0 aliphatic carbocycles. The molecule has 0 saturated carbocycles. The van der Waals surface area contributed by atoms with Gasteiger partial charge in [-0.1, -0.05) is 12.1 Å². The number of hydrogen-bond acceptors (Lipinski definition) is 5. The highest BCUT2D eigenvalue weighted by molar-refractivity contribution is 6.05. The van der Waals surface area contributed by atoms with Gasteiger partial charge in [-0.05, 0) is 67.4 Å². The molecule has 6 heteroatoms. The topological polar surface area (TPSA) is 77.8 Å². The third-order valence-electron chi connectivity index (χ3n) is 5.61. The Morgan fingerprint density at radius 2 is 1.71 bits per heavy atom. The van der Waals surface area contributed by atoms with Gasteiger partial charge >= 0.3 is 0 Å². The third kappa shape index (κ3) is 4.71. The van der Waals surface area contributed by atoms with Gasteiger partial charge in [0.2, 0.25) is 5.91 Å². The lowest BCUT2D eigenvalue weighted by Crippen LogP contribution is -2.09. The molecule has 0 spiro atoms. The number of rotatable bonds is 7. The molecule has 3 aromatic carbocycles. The van der Waals surface area contributed by atoms with Crippen LogP contribution in [0.25, 0.3) is 27.7 Å². The van der Waals surface area contributed by atoms with Crippen LogP contribution < -0.4 is 14.8 Å². The molecule has 1 aromatic heterocycles. The Morgan fingerprint density at radius 1 is 0.941 bits per heavy atom. The van der Waals surface area contributed by atoms with Crippen LogP contribution in [0, 0.1) is 0 Å². The maximum Gasteiger partial charge on any atom is 0.248 e. The van der Waals surface area contributed by atoms with Crippen LogP contribution in [-0.2, 0) is 4.79 Å². The molecule has 0 bridgehead atoms. The van der Waals surface area contributed by atoms with Crippen molar-refractivity contribution in [3.63, 3.8) is 0 Å². The molecule has 4 rings (SSSR count). The maximum atomic E-state index is 12.7. The van der Waals surface area contributed by atoms with Crippen molar-refractivity contribution in [3.8, 4) is 22.6 Å². The highest BCUT2D eigenvalue weighted by Crippen LogP contribution is 2.38. The van der Waals surface area contributed by atoms with E-state index in [4.69, 9.17) is 13.9 Å². The predicted molar refractivity (Wildman–Crippen MR) is 133 cm³/mol. The molecule has 0 radical (unpaired) electrons. The lowest BCUT2D eigenvalue weighted by molar-refractivity contribution is -0.111. The lowest BCUT2D eigenvalue weighted by atomic mass is 9.99. The van der Waals surface area contributed by atoms with E-state index in [0.717, 1.165) is 33.4 Å². The number of hydrogen-bond donors (Lipinski definition) is 1. The normalized spacial score (nSPS) is 11.4. The van der Waals surface area contributed by atoms with Gasteiger partial charge in [-0.2, -0.15) is 0 Å². The van der Waals surface area contributed by atoms with Crippen LogP contribution in [0.4, 0.5) is 5.69 Å². The fourth-order valence-electron chi connectivity index (χ4n) is 3.79. The zero-order chi connectivity index (χ0) is 24.2. The van der Waals surface area contributed by atoms with E-state index in [9.17, 15) is 9.59 Å². The number of methoxy groups -OCH3 is 2. The zero-order valence-electron chi connectivity index (χ0n) is 19.5. The number of benzene rings is 3. The Hall–Kier alpha value is -4.32. The van der Waals surface area contributed by atoms with Crippen LogP contribution >= 0.6 is 0 Å². The number of furan rings is 1. The third-order valence-corrected chi connectivity index (χ3v) is 5.61. The molecule has 0 unspecified atom stereocenters. The summed E-state index contributed by atoms with van der Waals surface area (Å²) in [5.74, 6) is 1.05. The summed E-state index contributed by atoms with van der Waals surface area (Å²) in [6.07, 6.45) is 3.23. The van der Waals surface area contributed by atoms with Gasteiger partial charge in [0.1, 0.15) is 17.1 Å². The van der Waals surface area contributed by atoms with E-state index in [1.54, 1.807) is 44.7 Å². The minimum Gasteiger partial charge on any atom is -0.497 e. The number of Topliss-reactive ketones (excluding diaryl/α,β-unsaturated/α-hetero) is 1. The minimum absolute atomic E-state index is 0.0244. The summed E-state index contributed by atoms with van der Waals surface area (Å²) in [5, 5.41) is 3.73. The monoisotopic (exact) mass is 455 g/mol. The Kier molecular flexibility index (Phi) is 6.50. The second-order valence-electron chi connectivity index (χ2n) is 7.88. The first kappa shape index (κ1) is 22.9. The largest absolute Gasteiger partial charge is 0.497 e. The minimum atomic E-state index is -0.282. The molecule has 172 valence electrons. The van der Waals surface area contributed by atoms with Gasteiger partial charge in [-0.15, -0.1) is 0 Å². The molecule has 1 N–H and O–H groups in total. The second kappa shape index (κ2) is 9.67. The van der Waals surface area contributed by atoms with Crippen LogP contribution in [0.15, 0.2) is 77.4 Å². The van der Waals surface area contributed by atoms with Gasteiger partial charge < -0.3 is 19.2 Å². The first-order chi connectivity index (χ1) is 16.4. The summed E-state index contributed by atoms with van der Waals surface area (Å²) in [4.78, 5) is 24.1. The number of amides is 1. The number of allylic oxidation sites excluding steroid dienone is 1. The van der Waals surface area contributed by atoms with Gasteiger partial charge in [0.15, 0.2) is 5.78 Å². The number of nitrogens with one attached hydrogen (secondary N) is 1. The molecule has 1 amide bonds. The average Bonchev–Trinajstić information content (AvgIpc) is 3.26. The lowest BCUT2D eigenvalue weighted by Gasteiger charge is -2.10. The van der Waals surface area contributed by atoms with Crippen molar-refractivity contribution in [2.75, 3.05) is 19.5 Å². The quantitative estimate of drug-likeness (QED) is 0.259. The molecule has 0 saturated heterocycles.